The highest BCUT2D eigenvalue weighted by atomic mass is 79.9. The van der Waals surface area contributed by atoms with Crippen LogP contribution in [0.5, 0.6) is 0 Å². The number of amides is 1. The summed E-state index contributed by atoms with van der Waals surface area (Å²) in [7, 11) is -1.50. The summed E-state index contributed by atoms with van der Waals surface area (Å²) in [5, 5.41) is 2.82. The first kappa shape index (κ1) is 23.4. The van der Waals surface area contributed by atoms with E-state index in [2.05, 4.69) is 38.1 Å². The van der Waals surface area contributed by atoms with Crippen molar-refractivity contribution >= 4 is 37.5 Å². The van der Waals surface area contributed by atoms with Crippen molar-refractivity contribution in [2.75, 3.05) is 51.6 Å². The third kappa shape index (κ3) is 5.40. The molecule has 7 nitrogen and oxygen atoms in total. The molecule has 2 aromatic rings. The number of benzene rings is 2. The van der Waals surface area contributed by atoms with Gasteiger partial charge in [-0.15, -0.1) is 0 Å². The van der Waals surface area contributed by atoms with E-state index in [-0.39, 0.29) is 10.8 Å². The maximum atomic E-state index is 13.3. The molecule has 172 valence electrons. The standard InChI is InChI=1S/C23H29BrN4O3S/c1-26-10-8-21(9-11-26)27-12-14-28(15-13-27)32(30,31)22-7-2-4-18(16-22)23(29)25-20-6-3-5-19(24)17-20/h2-7,16-17,21H,8-15H2,1H3,(H,25,29). The molecule has 2 aromatic carbocycles. The molecule has 32 heavy (non-hydrogen) atoms. The van der Waals surface area contributed by atoms with E-state index in [1.165, 1.54) is 6.07 Å². The van der Waals surface area contributed by atoms with Gasteiger partial charge in [-0.1, -0.05) is 28.1 Å². The number of anilines is 1. The first-order chi connectivity index (χ1) is 15.3. The maximum Gasteiger partial charge on any atom is 0.255 e. The van der Waals surface area contributed by atoms with E-state index in [1.54, 1.807) is 34.6 Å². The number of halogens is 1. The Morgan fingerprint density at radius 1 is 0.969 bits per heavy atom. The quantitative estimate of drug-likeness (QED) is 0.655. The Morgan fingerprint density at radius 2 is 1.66 bits per heavy atom. The van der Waals surface area contributed by atoms with Gasteiger partial charge in [0.25, 0.3) is 5.91 Å². The van der Waals surface area contributed by atoms with Crippen molar-refractivity contribution in [1.29, 1.82) is 0 Å². The lowest BCUT2D eigenvalue weighted by Gasteiger charge is -2.41. The van der Waals surface area contributed by atoms with Crippen LogP contribution < -0.4 is 5.32 Å². The molecule has 0 radical (unpaired) electrons. The van der Waals surface area contributed by atoms with Gasteiger partial charge in [0.05, 0.1) is 4.90 Å². The Balaban J connectivity index is 1.41. The summed E-state index contributed by atoms with van der Waals surface area (Å²) in [6, 6.07) is 14.1. The predicted molar refractivity (Wildman–Crippen MR) is 129 cm³/mol. The van der Waals surface area contributed by atoms with Gasteiger partial charge in [-0.25, -0.2) is 8.42 Å². The van der Waals surface area contributed by atoms with Crippen molar-refractivity contribution in [3.05, 3.63) is 58.6 Å². The van der Waals surface area contributed by atoms with Crippen molar-refractivity contribution in [3.63, 3.8) is 0 Å². The highest BCUT2D eigenvalue weighted by Gasteiger charge is 2.32. The first-order valence-electron chi connectivity index (χ1n) is 10.9. The average molecular weight is 521 g/mol. The SMILES string of the molecule is CN1CCC(N2CCN(S(=O)(=O)c3cccc(C(=O)Nc4cccc(Br)c4)c3)CC2)CC1. The third-order valence-electron chi connectivity index (χ3n) is 6.29. The Kier molecular flexibility index (Phi) is 7.31. The molecule has 0 saturated carbocycles. The van der Waals surface area contributed by atoms with E-state index in [9.17, 15) is 13.2 Å². The molecule has 2 aliphatic rings. The molecular weight excluding hydrogens is 492 g/mol. The van der Waals surface area contributed by atoms with Gasteiger partial charge in [0, 0.05) is 47.9 Å². The summed E-state index contributed by atoms with van der Waals surface area (Å²) in [6.07, 6.45) is 2.27. The lowest BCUT2D eigenvalue weighted by Crippen LogP contribution is -2.53. The summed E-state index contributed by atoms with van der Waals surface area (Å²) < 4.78 is 28.9. The second kappa shape index (κ2) is 10.0. The molecule has 2 fully saturated rings. The second-order valence-electron chi connectivity index (χ2n) is 8.47. The molecule has 0 aliphatic carbocycles. The molecule has 4 rings (SSSR count). The van der Waals surface area contributed by atoms with Crippen molar-refractivity contribution in [2.45, 2.75) is 23.8 Å². The van der Waals surface area contributed by atoms with Crippen molar-refractivity contribution in [2.24, 2.45) is 0 Å². The molecule has 9 heteroatoms. The van der Waals surface area contributed by atoms with Crippen LogP contribution in [0, 0.1) is 0 Å². The number of nitrogens with zero attached hydrogens (tertiary/aromatic N) is 3. The Bertz CT molecular complexity index is 1060. The van der Waals surface area contributed by atoms with E-state index < -0.39 is 10.0 Å². The van der Waals surface area contributed by atoms with Crippen LogP contribution in [-0.4, -0.2) is 80.8 Å². The summed E-state index contributed by atoms with van der Waals surface area (Å²) >= 11 is 3.38. The number of carbonyl (C=O) groups is 1. The van der Waals surface area contributed by atoms with Crippen LogP contribution in [0.3, 0.4) is 0 Å². The largest absolute Gasteiger partial charge is 0.322 e. The van der Waals surface area contributed by atoms with Gasteiger partial charge in [0.1, 0.15) is 0 Å². The molecular formula is C23H29BrN4O3S. The van der Waals surface area contributed by atoms with Gasteiger partial charge in [-0.3, -0.25) is 9.69 Å². The summed E-state index contributed by atoms with van der Waals surface area (Å²) in [5.74, 6) is -0.341. The lowest BCUT2D eigenvalue weighted by atomic mass is 10.0. The van der Waals surface area contributed by atoms with Gasteiger partial charge in [-0.05, 0) is 69.4 Å². The van der Waals surface area contributed by atoms with Crippen molar-refractivity contribution < 1.29 is 13.2 Å². The summed E-state index contributed by atoms with van der Waals surface area (Å²) in [5.41, 5.74) is 0.957. The number of hydrogen-bond donors (Lipinski definition) is 1. The number of piperidine rings is 1. The fourth-order valence-corrected chi connectivity index (χ4v) is 6.25. The van der Waals surface area contributed by atoms with Crippen LogP contribution in [0.4, 0.5) is 5.69 Å². The maximum absolute atomic E-state index is 13.3. The van der Waals surface area contributed by atoms with Crippen LogP contribution in [0.25, 0.3) is 0 Å². The molecule has 0 unspecified atom stereocenters. The van der Waals surface area contributed by atoms with Gasteiger partial charge >= 0.3 is 0 Å². The molecule has 0 spiro atoms. The number of piperazine rings is 1. The molecule has 1 N–H and O–H groups in total. The second-order valence-corrected chi connectivity index (χ2v) is 11.3. The van der Waals surface area contributed by atoms with Gasteiger partial charge in [-0.2, -0.15) is 4.31 Å². The number of likely N-dealkylation sites (tertiary alicyclic amines) is 1. The fourth-order valence-electron chi connectivity index (χ4n) is 4.39. The van der Waals surface area contributed by atoms with E-state index in [4.69, 9.17) is 0 Å². The molecule has 0 aromatic heterocycles. The number of carbonyl (C=O) groups excluding carboxylic acids is 1. The number of nitrogens with one attached hydrogen (secondary N) is 1. The monoisotopic (exact) mass is 520 g/mol. The third-order valence-corrected chi connectivity index (χ3v) is 8.68. The topological polar surface area (TPSA) is 73.0 Å². The molecule has 2 heterocycles. The minimum Gasteiger partial charge on any atom is -0.322 e. The number of hydrogen-bond acceptors (Lipinski definition) is 5. The predicted octanol–water partition coefficient (Wildman–Crippen LogP) is 3.10. The van der Waals surface area contributed by atoms with Crippen LogP contribution in [0.15, 0.2) is 57.9 Å². The Hall–Kier alpha value is -1.78. The first-order valence-corrected chi connectivity index (χ1v) is 13.2. The zero-order valence-electron chi connectivity index (χ0n) is 18.2. The van der Waals surface area contributed by atoms with E-state index in [0.717, 1.165) is 43.5 Å². The minimum absolute atomic E-state index is 0.159. The molecule has 0 bridgehead atoms. The van der Waals surface area contributed by atoms with E-state index in [1.807, 2.05) is 12.1 Å². The van der Waals surface area contributed by atoms with Crippen LogP contribution in [0.2, 0.25) is 0 Å². The normalized spacial score (nSPS) is 19.7. The van der Waals surface area contributed by atoms with Crippen LogP contribution in [-0.2, 0) is 10.0 Å². The van der Waals surface area contributed by atoms with Crippen molar-refractivity contribution in [3.8, 4) is 0 Å². The van der Waals surface area contributed by atoms with Crippen LogP contribution >= 0.6 is 15.9 Å². The highest BCUT2D eigenvalue weighted by molar-refractivity contribution is 9.10. The van der Waals surface area contributed by atoms with Crippen molar-refractivity contribution in [1.82, 2.24) is 14.1 Å². The minimum atomic E-state index is -3.65. The fraction of sp³-hybridized carbons (Fsp3) is 0.435. The lowest BCUT2D eigenvalue weighted by molar-refractivity contribution is 0.0892. The number of rotatable bonds is 5. The molecule has 2 saturated heterocycles. The van der Waals surface area contributed by atoms with Gasteiger partial charge in [0.2, 0.25) is 10.0 Å². The zero-order chi connectivity index (χ0) is 22.7. The number of sulfonamides is 1. The molecule has 0 atom stereocenters. The highest BCUT2D eigenvalue weighted by Crippen LogP contribution is 2.23. The zero-order valence-corrected chi connectivity index (χ0v) is 20.6. The Morgan fingerprint density at radius 3 is 2.34 bits per heavy atom. The average Bonchev–Trinajstić information content (AvgIpc) is 2.80. The van der Waals surface area contributed by atoms with Crippen LogP contribution in [0.1, 0.15) is 23.2 Å². The van der Waals surface area contributed by atoms with E-state index in [0.29, 0.717) is 30.4 Å². The van der Waals surface area contributed by atoms with Gasteiger partial charge in [0.15, 0.2) is 0 Å². The summed E-state index contributed by atoms with van der Waals surface area (Å²) in [6.45, 7) is 4.63. The molecule has 2 aliphatic heterocycles. The smallest absolute Gasteiger partial charge is 0.255 e. The summed E-state index contributed by atoms with van der Waals surface area (Å²) in [4.78, 5) is 17.6. The Labute approximate surface area is 198 Å². The van der Waals surface area contributed by atoms with Gasteiger partial charge < -0.3 is 10.2 Å². The van der Waals surface area contributed by atoms with E-state index >= 15 is 0 Å². The molecule has 1 amide bonds.